The first kappa shape index (κ1) is 34.6. The van der Waals surface area contributed by atoms with E-state index < -0.39 is 24.1 Å². The number of halogens is 5. The number of hydrogen-bond acceptors (Lipinski definition) is 4. The van der Waals surface area contributed by atoms with Gasteiger partial charge < -0.3 is 15.1 Å². The quantitative estimate of drug-likeness (QED) is 0.157. The predicted octanol–water partition coefficient (Wildman–Crippen LogP) is 8.82. The fraction of sp³-hybridized carbons (Fsp3) is 0.806. The van der Waals surface area contributed by atoms with Gasteiger partial charge in [0, 0.05) is 24.7 Å². The van der Waals surface area contributed by atoms with Crippen LogP contribution in [0, 0.1) is 29.1 Å². The largest absolute Gasteiger partial charge is 0.508 e. The van der Waals surface area contributed by atoms with Crippen LogP contribution in [0.15, 0.2) is 18.2 Å². The molecule has 0 spiro atoms. The highest BCUT2D eigenvalue weighted by atomic mass is 19.4. The summed E-state index contributed by atoms with van der Waals surface area (Å²) in [6.07, 6.45) is 5.14. The summed E-state index contributed by atoms with van der Waals surface area (Å²) in [4.78, 5) is 14.8. The fourth-order valence-corrected chi connectivity index (χ4v) is 10.1. The standard InChI is InChI=1S/C36H52F5NO3/c1-33-22-25(11-7-6-10-18-42(2)17-9-5-3-4-8-16-35(37,38)36(39,40)41)32-29-15-13-27(43)19-24(29)12-14-30(32)31(33)21-26-20-28(44)23-34(26,33)45/h13,15,19,25-26,30-32,43,45H,3-12,14,16-18,20-23H2,1-2H3/t25-,26+,30?,31?,32?,33-,34-/m0/s1. The van der Waals surface area contributed by atoms with Crippen molar-refractivity contribution in [2.45, 2.75) is 133 Å². The van der Waals surface area contributed by atoms with E-state index in [-0.39, 0.29) is 23.5 Å². The molecule has 2 N–H and O–H groups in total. The molecular formula is C36H52F5NO3. The van der Waals surface area contributed by atoms with Crippen LogP contribution in [0.5, 0.6) is 5.75 Å². The van der Waals surface area contributed by atoms with Crippen LogP contribution >= 0.6 is 0 Å². The van der Waals surface area contributed by atoms with Gasteiger partial charge in [0.05, 0.1) is 5.60 Å². The number of aliphatic hydroxyl groups is 1. The smallest absolute Gasteiger partial charge is 0.453 e. The first-order valence-electron chi connectivity index (χ1n) is 17.4. The van der Waals surface area contributed by atoms with E-state index in [4.69, 9.17) is 0 Å². The highest BCUT2D eigenvalue weighted by molar-refractivity contribution is 5.83. The average Bonchev–Trinajstić information content (AvgIpc) is 3.37. The Balaban J connectivity index is 1.09. The Bertz CT molecular complexity index is 1190. The van der Waals surface area contributed by atoms with Crippen molar-refractivity contribution >= 4 is 5.78 Å². The molecule has 0 saturated heterocycles. The number of carbonyl (C=O) groups excluding carboxylic acids is 1. The van der Waals surface area contributed by atoms with Gasteiger partial charge in [-0.1, -0.05) is 45.1 Å². The average molecular weight is 642 g/mol. The summed E-state index contributed by atoms with van der Waals surface area (Å²) in [7, 11) is 2.07. The van der Waals surface area contributed by atoms with Crippen LogP contribution in [0.2, 0.25) is 0 Å². The highest BCUT2D eigenvalue weighted by Crippen LogP contribution is 2.70. The molecule has 0 aromatic heterocycles. The summed E-state index contributed by atoms with van der Waals surface area (Å²) in [5.74, 6) is -2.23. The number of Topliss-reactive ketones (excluding diaryl/α,β-unsaturated/α-hetero) is 1. The third-order valence-corrected chi connectivity index (χ3v) is 12.4. The maximum absolute atomic E-state index is 13.0. The number of fused-ring (bicyclic) bond motifs is 7. The van der Waals surface area contributed by atoms with Crippen LogP contribution in [-0.4, -0.2) is 58.7 Å². The Kier molecular flexibility index (Phi) is 10.3. The lowest BCUT2D eigenvalue weighted by Gasteiger charge is -2.56. The van der Waals surface area contributed by atoms with E-state index in [1.807, 2.05) is 12.1 Å². The zero-order valence-corrected chi connectivity index (χ0v) is 27.0. The van der Waals surface area contributed by atoms with Crippen molar-refractivity contribution in [1.82, 2.24) is 4.90 Å². The third-order valence-electron chi connectivity index (χ3n) is 12.4. The van der Waals surface area contributed by atoms with Gasteiger partial charge in [-0.2, -0.15) is 22.0 Å². The Hall–Kier alpha value is -1.74. The summed E-state index contributed by atoms with van der Waals surface area (Å²) in [6, 6.07) is 5.90. The molecule has 45 heavy (non-hydrogen) atoms. The number of benzene rings is 1. The van der Waals surface area contributed by atoms with Crippen molar-refractivity contribution in [1.29, 1.82) is 0 Å². The number of nitrogens with zero attached hydrogens (tertiary/aromatic N) is 1. The van der Waals surface area contributed by atoms with Gasteiger partial charge in [-0.05, 0) is 124 Å². The molecular weight excluding hydrogens is 589 g/mol. The fourth-order valence-electron chi connectivity index (χ4n) is 10.1. The monoisotopic (exact) mass is 641 g/mol. The molecule has 4 aliphatic rings. The highest BCUT2D eigenvalue weighted by Gasteiger charge is 2.69. The summed E-state index contributed by atoms with van der Waals surface area (Å²) in [6.45, 7) is 4.12. The Labute approximate surface area is 265 Å². The van der Waals surface area contributed by atoms with Crippen molar-refractivity contribution in [2.24, 2.45) is 29.1 Å². The Morgan fingerprint density at radius 3 is 2.36 bits per heavy atom. The molecule has 3 unspecified atom stereocenters. The van der Waals surface area contributed by atoms with Gasteiger partial charge in [-0.3, -0.25) is 4.79 Å². The van der Waals surface area contributed by atoms with Gasteiger partial charge >= 0.3 is 12.1 Å². The zero-order valence-electron chi connectivity index (χ0n) is 27.0. The zero-order chi connectivity index (χ0) is 32.6. The van der Waals surface area contributed by atoms with Crippen molar-refractivity contribution < 1.29 is 37.0 Å². The predicted molar refractivity (Wildman–Crippen MR) is 164 cm³/mol. The molecule has 0 radical (unpaired) electrons. The first-order valence-corrected chi connectivity index (χ1v) is 17.4. The van der Waals surface area contributed by atoms with Crippen molar-refractivity contribution in [3.05, 3.63) is 29.3 Å². The van der Waals surface area contributed by atoms with Gasteiger partial charge in [-0.25, -0.2) is 0 Å². The summed E-state index contributed by atoms with van der Waals surface area (Å²) >= 11 is 0. The number of alkyl halides is 5. The Morgan fingerprint density at radius 2 is 1.64 bits per heavy atom. The maximum Gasteiger partial charge on any atom is 0.453 e. The molecule has 0 heterocycles. The number of aryl methyl sites for hydroxylation is 1. The number of aromatic hydroxyl groups is 1. The van der Waals surface area contributed by atoms with Crippen molar-refractivity contribution in [2.75, 3.05) is 20.1 Å². The molecule has 0 bridgehead atoms. The van der Waals surface area contributed by atoms with Crippen LogP contribution in [0.25, 0.3) is 0 Å². The summed E-state index contributed by atoms with van der Waals surface area (Å²) < 4.78 is 62.9. The Morgan fingerprint density at radius 1 is 0.978 bits per heavy atom. The number of rotatable bonds is 14. The normalized spacial score (nSPS) is 32.8. The number of unbranched alkanes of at least 4 members (excludes halogenated alkanes) is 6. The second-order valence-electron chi connectivity index (χ2n) is 15.2. The topological polar surface area (TPSA) is 60.8 Å². The molecule has 1 aromatic carbocycles. The van der Waals surface area contributed by atoms with Gasteiger partial charge in [0.1, 0.15) is 11.5 Å². The molecule has 5 rings (SSSR count). The van der Waals surface area contributed by atoms with Gasteiger partial charge in [-0.15, -0.1) is 0 Å². The lowest BCUT2D eigenvalue weighted by Crippen LogP contribution is -2.54. The molecule has 3 fully saturated rings. The van der Waals surface area contributed by atoms with E-state index in [9.17, 15) is 37.0 Å². The van der Waals surface area contributed by atoms with E-state index in [1.165, 1.54) is 11.1 Å². The lowest BCUT2D eigenvalue weighted by atomic mass is 9.49. The number of phenolic OH excluding ortho intramolecular Hbond substituents is 1. The van der Waals surface area contributed by atoms with Gasteiger partial charge in [0.2, 0.25) is 0 Å². The molecule has 1 aromatic rings. The van der Waals surface area contributed by atoms with Crippen LogP contribution < -0.4 is 0 Å². The van der Waals surface area contributed by atoms with Gasteiger partial charge in [0.15, 0.2) is 0 Å². The molecule has 0 amide bonds. The van der Waals surface area contributed by atoms with E-state index >= 15 is 0 Å². The van der Waals surface area contributed by atoms with E-state index in [0.717, 1.165) is 77.3 Å². The number of hydrogen-bond donors (Lipinski definition) is 2. The molecule has 0 aliphatic heterocycles. The third kappa shape index (κ3) is 6.95. The van der Waals surface area contributed by atoms with Crippen LogP contribution in [0.3, 0.4) is 0 Å². The second kappa shape index (κ2) is 13.4. The molecule has 254 valence electrons. The minimum atomic E-state index is -5.46. The van der Waals surface area contributed by atoms with Crippen LogP contribution in [0.4, 0.5) is 22.0 Å². The van der Waals surface area contributed by atoms with Crippen molar-refractivity contribution in [3.8, 4) is 5.75 Å². The molecule has 7 atom stereocenters. The first-order chi connectivity index (χ1) is 21.2. The molecule has 9 heteroatoms. The van der Waals surface area contributed by atoms with E-state index in [1.54, 1.807) is 0 Å². The molecule has 3 saturated carbocycles. The minimum Gasteiger partial charge on any atom is -0.508 e. The minimum absolute atomic E-state index is 0.0790. The van der Waals surface area contributed by atoms with Gasteiger partial charge in [0.25, 0.3) is 0 Å². The van der Waals surface area contributed by atoms with Crippen LogP contribution in [0.1, 0.15) is 120 Å². The van der Waals surface area contributed by atoms with Crippen molar-refractivity contribution in [3.63, 3.8) is 0 Å². The SMILES string of the molecule is CN(CCCCCCCC(F)(F)C(F)(F)F)CCCCC[C@H]1C[C@@]2(C)C(C[C@H]3CC(=O)C[C@]32O)C2CCc3cc(O)ccc3C21. The number of phenols is 1. The van der Waals surface area contributed by atoms with E-state index in [2.05, 4.69) is 24.9 Å². The lowest BCUT2D eigenvalue weighted by molar-refractivity contribution is -0.284. The van der Waals surface area contributed by atoms with E-state index in [0.29, 0.717) is 55.1 Å². The van der Waals surface area contributed by atoms with Crippen LogP contribution in [-0.2, 0) is 11.2 Å². The maximum atomic E-state index is 13.0. The number of ketones is 1. The number of carbonyl (C=O) groups is 1. The summed E-state index contributed by atoms with van der Waals surface area (Å²) in [5.41, 5.74) is 1.51. The second-order valence-corrected chi connectivity index (χ2v) is 15.2. The molecule has 4 nitrogen and oxygen atoms in total. The molecule has 4 aliphatic carbocycles. The summed E-state index contributed by atoms with van der Waals surface area (Å²) in [5, 5.41) is 22.2.